The molecule has 0 saturated carbocycles. The molecule has 0 aromatic heterocycles. The van der Waals surface area contributed by atoms with Crippen molar-refractivity contribution in [2.24, 2.45) is 0 Å². The number of ether oxygens (including phenoxy) is 1. The Kier molecular flexibility index (Phi) is 6.46. The van der Waals surface area contributed by atoms with Gasteiger partial charge < -0.3 is 15.0 Å². The third-order valence-corrected chi connectivity index (χ3v) is 3.91. The lowest BCUT2D eigenvalue weighted by Crippen LogP contribution is -2.40. The average molecular weight is 294 g/mol. The van der Waals surface area contributed by atoms with Crippen LogP contribution in [-0.2, 0) is 11.3 Å². The van der Waals surface area contributed by atoms with E-state index in [2.05, 4.69) is 17.1 Å². The molecule has 1 heterocycles. The maximum atomic E-state index is 14.3. The Labute approximate surface area is 127 Å². The summed E-state index contributed by atoms with van der Waals surface area (Å²) in [4.78, 5) is 2.15. The standard InChI is InChI=1S/C17H27FN2O/c1-3-10-19-12-14-7-5-9-16(18)17(14)20-11-6-8-15(13-20)21-4-2/h5,7,9,15,19H,3-4,6,8,10-13H2,1-2H3. The first-order valence-corrected chi connectivity index (χ1v) is 8.10. The molecule has 0 amide bonds. The molecule has 1 aromatic carbocycles. The maximum absolute atomic E-state index is 14.3. The number of halogens is 1. The second kappa shape index (κ2) is 8.35. The fourth-order valence-electron chi connectivity index (χ4n) is 2.97. The van der Waals surface area contributed by atoms with Gasteiger partial charge in [0.1, 0.15) is 5.82 Å². The lowest BCUT2D eigenvalue weighted by atomic mass is 10.0. The topological polar surface area (TPSA) is 24.5 Å². The number of hydrogen-bond donors (Lipinski definition) is 1. The van der Waals surface area contributed by atoms with E-state index in [0.717, 1.165) is 63.3 Å². The highest BCUT2D eigenvalue weighted by atomic mass is 19.1. The van der Waals surface area contributed by atoms with E-state index in [1.165, 1.54) is 0 Å². The molecule has 1 N–H and O–H groups in total. The Morgan fingerprint density at radius 3 is 3.00 bits per heavy atom. The quantitative estimate of drug-likeness (QED) is 0.781. The fourth-order valence-corrected chi connectivity index (χ4v) is 2.97. The summed E-state index contributed by atoms with van der Waals surface area (Å²) >= 11 is 0. The van der Waals surface area contributed by atoms with Gasteiger partial charge in [0, 0.05) is 26.2 Å². The molecule has 1 unspecified atom stereocenters. The van der Waals surface area contributed by atoms with Crippen LogP contribution in [0.3, 0.4) is 0 Å². The minimum atomic E-state index is -0.122. The number of hydrogen-bond acceptors (Lipinski definition) is 3. The molecule has 0 spiro atoms. The summed E-state index contributed by atoms with van der Waals surface area (Å²) in [7, 11) is 0. The van der Waals surface area contributed by atoms with E-state index in [1.54, 1.807) is 12.1 Å². The zero-order valence-corrected chi connectivity index (χ0v) is 13.2. The van der Waals surface area contributed by atoms with E-state index in [0.29, 0.717) is 0 Å². The number of piperidine rings is 1. The van der Waals surface area contributed by atoms with Gasteiger partial charge in [0.2, 0.25) is 0 Å². The number of anilines is 1. The Hall–Kier alpha value is -1.13. The second-order valence-corrected chi connectivity index (χ2v) is 5.59. The molecule has 1 saturated heterocycles. The van der Waals surface area contributed by atoms with Crippen LogP contribution in [-0.4, -0.2) is 32.3 Å². The van der Waals surface area contributed by atoms with Gasteiger partial charge in [0.25, 0.3) is 0 Å². The van der Waals surface area contributed by atoms with Gasteiger partial charge in [-0.3, -0.25) is 0 Å². The minimum absolute atomic E-state index is 0.122. The minimum Gasteiger partial charge on any atom is -0.377 e. The molecule has 0 radical (unpaired) electrons. The van der Waals surface area contributed by atoms with E-state index in [1.807, 2.05) is 13.0 Å². The van der Waals surface area contributed by atoms with Gasteiger partial charge in [0.05, 0.1) is 11.8 Å². The molecule has 1 aliphatic rings. The molecular formula is C17H27FN2O. The second-order valence-electron chi connectivity index (χ2n) is 5.59. The van der Waals surface area contributed by atoms with Crippen LogP contribution < -0.4 is 10.2 Å². The molecule has 0 aliphatic carbocycles. The lowest BCUT2D eigenvalue weighted by Gasteiger charge is -2.35. The first-order chi connectivity index (χ1) is 10.3. The summed E-state index contributed by atoms with van der Waals surface area (Å²) in [6.07, 6.45) is 3.43. The van der Waals surface area contributed by atoms with E-state index in [9.17, 15) is 4.39 Å². The summed E-state index contributed by atoms with van der Waals surface area (Å²) in [5, 5.41) is 3.37. The van der Waals surface area contributed by atoms with Crippen molar-refractivity contribution in [2.75, 3.05) is 31.1 Å². The predicted octanol–water partition coefficient (Wildman–Crippen LogP) is 3.33. The van der Waals surface area contributed by atoms with Crippen LogP contribution in [0.2, 0.25) is 0 Å². The van der Waals surface area contributed by atoms with Gasteiger partial charge in [-0.15, -0.1) is 0 Å². The van der Waals surface area contributed by atoms with Crippen LogP contribution >= 0.6 is 0 Å². The first kappa shape index (κ1) is 16.2. The molecule has 1 fully saturated rings. The summed E-state index contributed by atoms with van der Waals surface area (Å²) in [5.41, 5.74) is 1.80. The highest BCUT2D eigenvalue weighted by molar-refractivity contribution is 5.55. The monoisotopic (exact) mass is 294 g/mol. The SMILES string of the molecule is CCCNCc1cccc(F)c1N1CCCC(OCC)C1. The predicted molar refractivity (Wildman–Crippen MR) is 85.3 cm³/mol. The van der Waals surface area contributed by atoms with Crippen LogP contribution in [0.25, 0.3) is 0 Å². The molecule has 1 aliphatic heterocycles. The van der Waals surface area contributed by atoms with Crippen LogP contribution in [0.1, 0.15) is 38.7 Å². The summed E-state index contributed by atoms with van der Waals surface area (Å²) < 4.78 is 20.1. The zero-order valence-electron chi connectivity index (χ0n) is 13.2. The van der Waals surface area contributed by atoms with Crippen molar-refractivity contribution in [1.29, 1.82) is 0 Å². The van der Waals surface area contributed by atoms with Crippen molar-refractivity contribution in [3.05, 3.63) is 29.6 Å². The van der Waals surface area contributed by atoms with Crippen molar-refractivity contribution >= 4 is 5.69 Å². The van der Waals surface area contributed by atoms with E-state index in [4.69, 9.17) is 4.74 Å². The molecule has 2 rings (SSSR count). The zero-order chi connectivity index (χ0) is 15.1. The Morgan fingerprint density at radius 1 is 1.38 bits per heavy atom. The third-order valence-electron chi connectivity index (χ3n) is 3.91. The van der Waals surface area contributed by atoms with Crippen LogP contribution in [0.15, 0.2) is 18.2 Å². The highest BCUT2D eigenvalue weighted by Gasteiger charge is 2.24. The van der Waals surface area contributed by atoms with E-state index in [-0.39, 0.29) is 11.9 Å². The largest absolute Gasteiger partial charge is 0.377 e. The number of para-hydroxylation sites is 1. The number of rotatable bonds is 7. The van der Waals surface area contributed by atoms with Gasteiger partial charge in [0.15, 0.2) is 0 Å². The number of benzene rings is 1. The molecule has 3 nitrogen and oxygen atoms in total. The van der Waals surface area contributed by atoms with Crippen LogP contribution in [0, 0.1) is 5.82 Å². The smallest absolute Gasteiger partial charge is 0.146 e. The van der Waals surface area contributed by atoms with Crippen LogP contribution in [0.4, 0.5) is 10.1 Å². The van der Waals surface area contributed by atoms with E-state index < -0.39 is 0 Å². The van der Waals surface area contributed by atoms with Gasteiger partial charge >= 0.3 is 0 Å². The highest BCUT2D eigenvalue weighted by Crippen LogP contribution is 2.28. The van der Waals surface area contributed by atoms with Crippen molar-refractivity contribution in [1.82, 2.24) is 5.32 Å². The third kappa shape index (κ3) is 4.42. The Balaban J connectivity index is 2.13. The molecule has 0 bridgehead atoms. The molecule has 118 valence electrons. The van der Waals surface area contributed by atoms with Gasteiger partial charge in [-0.05, 0) is 44.4 Å². The normalized spacial score (nSPS) is 19.0. The number of nitrogens with one attached hydrogen (secondary N) is 1. The van der Waals surface area contributed by atoms with Gasteiger partial charge in [-0.1, -0.05) is 19.1 Å². The average Bonchev–Trinajstić information content (AvgIpc) is 2.48. The Morgan fingerprint density at radius 2 is 2.24 bits per heavy atom. The van der Waals surface area contributed by atoms with Gasteiger partial charge in [-0.25, -0.2) is 4.39 Å². The summed E-state index contributed by atoms with van der Waals surface area (Å²) in [6, 6.07) is 5.38. The maximum Gasteiger partial charge on any atom is 0.146 e. The molecule has 4 heteroatoms. The molecule has 1 atom stereocenters. The fraction of sp³-hybridized carbons (Fsp3) is 0.647. The molecular weight excluding hydrogens is 267 g/mol. The van der Waals surface area contributed by atoms with E-state index >= 15 is 0 Å². The lowest BCUT2D eigenvalue weighted by molar-refractivity contribution is 0.0525. The summed E-state index contributed by atoms with van der Waals surface area (Å²) in [5.74, 6) is -0.122. The van der Waals surface area contributed by atoms with Crippen molar-refractivity contribution in [2.45, 2.75) is 45.8 Å². The van der Waals surface area contributed by atoms with Crippen LogP contribution in [0.5, 0.6) is 0 Å². The van der Waals surface area contributed by atoms with Crippen molar-refractivity contribution < 1.29 is 9.13 Å². The number of nitrogens with zero attached hydrogens (tertiary/aromatic N) is 1. The van der Waals surface area contributed by atoms with Crippen molar-refractivity contribution in [3.63, 3.8) is 0 Å². The summed E-state index contributed by atoms with van der Waals surface area (Å²) in [6.45, 7) is 8.24. The Bertz CT molecular complexity index is 437. The van der Waals surface area contributed by atoms with Crippen molar-refractivity contribution in [3.8, 4) is 0 Å². The van der Waals surface area contributed by atoms with Gasteiger partial charge in [-0.2, -0.15) is 0 Å². The molecule has 21 heavy (non-hydrogen) atoms. The molecule has 1 aromatic rings. The first-order valence-electron chi connectivity index (χ1n) is 8.10.